The second-order valence-electron chi connectivity index (χ2n) is 4.47. The molecule has 0 bridgehead atoms. The Balaban J connectivity index is 2.11. The Kier molecular flexibility index (Phi) is 3.53. The zero-order valence-electron chi connectivity index (χ0n) is 11.4. The van der Waals surface area contributed by atoms with Crippen molar-refractivity contribution in [3.05, 3.63) is 53.3 Å². The van der Waals surface area contributed by atoms with Gasteiger partial charge in [-0.2, -0.15) is 5.10 Å². The third-order valence-corrected chi connectivity index (χ3v) is 4.35. The minimum atomic E-state index is -0.975. The molecule has 0 aromatic carbocycles. The van der Waals surface area contributed by atoms with Crippen molar-refractivity contribution in [3.8, 4) is 16.3 Å². The molecular formula is C15H13N3O2S. The summed E-state index contributed by atoms with van der Waals surface area (Å²) < 4.78 is 1.58. The van der Waals surface area contributed by atoms with Crippen molar-refractivity contribution in [2.75, 3.05) is 0 Å². The Hall–Kier alpha value is -2.47. The maximum Gasteiger partial charge on any atom is 0.339 e. The summed E-state index contributed by atoms with van der Waals surface area (Å²) in [7, 11) is 0. The lowest BCUT2D eigenvalue weighted by Crippen LogP contribution is -1.96. The zero-order chi connectivity index (χ0) is 14.8. The third-order valence-electron chi connectivity index (χ3n) is 3.12. The third kappa shape index (κ3) is 2.57. The Morgan fingerprint density at radius 1 is 1.29 bits per heavy atom. The molecule has 0 amide bonds. The summed E-state index contributed by atoms with van der Waals surface area (Å²) in [6, 6.07) is 7.51. The monoisotopic (exact) mass is 299 g/mol. The van der Waals surface area contributed by atoms with Crippen LogP contribution in [0.3, 0.4) is 0 Å². The van der Waals surface area contributed by atoms with Crippen LogP contribution < -0.4 is 0 Å². The second-order valence-corrected chi connectivity index (χ2v) is 5.63. The quantitative estimate of drug-likeness (QED) is 0.803. The number of nitrogens with zero attached hydrogens (tertiary/aromatic N) is 3. The minimum absolute atomic E-state index is 0.205. The molecule has 0 aliphatic carbocycles. The van der Waals surface area contributed by atoms with E-state index in [1.54, 1.807) is 46.7 Å². The molecule has 3 aromatic rings. The SMILES string of the molecule is CCc1ccc(-c2nn(-c3ccncc3)cc2C(=O)O)s1. The molecule has 3 aromatic heterocycles. The number of aromatic nitrogens is 3. The molecule has 0 radical (unpaired) electrons. The van der Waals surface area contributed by atoms with Gasteiger partial charge in [-0.15, -0.1) is 11.3 Å². The lowest BCUT2D eigenvalue weighted by Gasteiger charge is -1.98. The number of carboxylic acids is 1. The van der Waals surface area contributed by atoms with Crippen molar-refractivity contribution in [3.63, 3.8) is 0 Å². The first kappa shape index (κ1) is 13.5. The van der Waals surface area contributed by atoms with Gasteiger partial charge in [-0.25, -0.2) is 9.48 Å². The second kappa shape index (κ2) is 5.49. The summed E-state index contributed by atoms with van der Waals surface area (Å²) >= 11 is 1.57. The molecule has 0 atom stereocenters. The molecular weight excluding hydrogens is 286 g/mol. The minimum Gasteiger partial charge on any atom is -0.478 e. The standard InChI is InChI=1S/C15H13N3O2S/c1-2-11-3-4-13(21-11)14-12(15(19)20)9-18(17-14)10-5-7-16-8-6-10/h3-9H,2H2,1H3,(H,19,20). The molecule has 6 heteroatoms. The summed E-state index contributed by atoms with van der Waals surface area (Å²) in [4.78, 5) is 17.5. The van der Waals surface area contributed by atoms with Crippen molar-refractivity contribution >= 4 is 17.3 Å². The van der Waals surface area contributed by atoms with Gasteiger partial charge in [0, 0.05) is 23.5 Å². The first-order chi connectivity index (χ1) is 10.2. The van der Waals surface area contributed by atoms with E-state index < -0.39 is 5.97 Å². The molecule has 0 spiro atoms. The lowest BCUT2D eigenvalue weighted by molar-refractivity contribution is 0.0697. The van der Waals surface area contributed by atoms with Crippen LogP contribution >= 0.6 is 11.3 Å². The molecule has 0 unspecified atom stereocenters. The number of aryl methyl sites for hydroxylation is 1. The van der Waals surface area contributed by atoms with Gasteiger partial charge in [0.1, 0.15) is 11.3 Å². The van der Waals surface area contributed by atoms with Gasteiger partial charge in [0.25, 0.3) is 0 Å². The fourth-order valence-corrected chi connectivity index (χ4v) is 2.98. The number of hydrogen-bond acceptors (Lipinski definition) is 4. The normalized spacial score (nSPS) is 10.7. The number of hydrogen-bond donors (Lipinski definition) is 1. The molecule has 0 aliphatic heterocycles. The summed E-state index contributed by atoms with van der Waals surface area (Å²) in [5.74, 6) is -0.975. The van der Waals surface area contributed by atoms with E-state index in [0.717, 1.165) is 17.0 Å². The highest BCUT2D eigenvalue weighted by Gasteiger charge is 2.19. The molecule has 106 valence electrons. The molecule has 21 heavy (non-hydrogen) atoms. The fraction of sp³-hybridized carbons (Fsp3) is 0.133. The zero-order valence-corrected chi connectivity index (χ0v) is 12.2. The van der Waals surface area contributed by atoms with E-state index in [2.05, 4.69) is 17.0 Å². The molecule has 1 N–H and O–H groups in total. The van der Waals surface area contributed by atoms with E-state index in [1.807, 2.05) is 12.1 Å². The number of carbonyl (C=O) groups is 1. The first-order valence-electron chi connectivity index (χ1n) is 6.51. The van der Waals surface area contributed by atoms with E-state index >= 15 is 0 Å². The topological polar surface area (TPSA) is 68.0 Å². The Bertz CT molecular complexity index is 777. The molecule has 3 rings (SSSR count). The van der Waals surface area contributed by atoms with Crippen molar-refractivity contribution in [2.24, 2.45) is 0 Å². The number of aromatic carboxylic acids is 1. The first-order valence-corrected chi connectivity index (χ1v) is 7.33. The van der Waals surface area contributed by atoms with Crippen molar-refractivity contribution in [2.45, 2.75) is 13.3 Å². The Morgan fingerprint density at radius 3 is 2.67 bits per heavy atom. The number of thiophene rings is 1. The van der Waals surface area contributed by atoms with Crippen molar-refractivity contribution < 1.29 is 9.90 Å². The van der Waals surface area contributed by atoms with Crippen molar-refractivity contribution in [1.29, 1.82) is 0 Å². The van der Waals surface area contributed by atoms with Crippen LogP contribution in [-0.2, 0) is 6.42 Å². The summed E-state index contributed by atoms with van der Waals surface area (Å²) in [6.07, 6.45) is 5.77. The van der Waals surface area contributed by atoms with E-state index in [0.29, 0.717) is 5.69 Å². The van der Waals surface area contributed by atoms with Gasteiger partial charge in [-0.05, 0) is 30.7 Å². The highest BCUT2D eigenvalue weighted by molar-refractivity contribution is 7.15. The smallest absolute Gasteiger partial charge is 0.339 e. The molecule has 3 heterocycles. The van der Waals surface area contributed by atoms with Gasteiger partial charge in [0.05, 0.1) is 10.6 Å². The summed E-state index contributed by atoms with van der Waals surface area (Å²) in [6.45, 7) is 2.07. The molecule has 5 nitrogen and oxygen atoms in total. The summed E-state index contributed by atoms with van der Waals surface area (Å²) in [5, 5.41) is 13.8. The highest BCUT2D eigenvalue weighted by Crippen LogP contribution is 2.30. The van der Waals surface area contributed by atoms with Crippen LogP contribution in [0, 0.1) is 0 Å². The van der Waals surface area contributed by atoms with Crippen LogP contribution in [0.5, 0.6) is 0 Å². The Labute approximate surface area is 125 Å². The number of rotatable bonds is 4. The van der Waals surface area contributed by atoms with Crippen molar-refractivity contribution in [1.82, 2.24) is 14.8 Å². The van der Waals surface area contributed by atoms with Crippen LogP contribution in [0.15, 0.2) is 42.9 Å². The van der Waals surface area contributed by atoms with Crippen LogP contribution in [0.4, 0.5) is 0 Å². The van der Waals surface area contributed by atoms with Crippen LogP contribution in [-0.4, -0.2) is 25.8 Å². The summed E-state index contributed by atoms with van der Waals surface area (Å²) in [5.41, 5.74) is 1.49. The van der Waals surface area contributed by atoms with Gasteiger partial charge >= 0.3 is 5.97 Å². The molecule has 0 fully saturated rings. The number of carboxylic acid groups (broad SMARTS) is 1. The van der Waals surface area contributed by atoms with E-state index in [4.69, 9.17) is 0 Å². The Morgan fingerprint density at radius 2 is 2.05 bits per heavy atom. The fourth-order valence-electron chi connectivity index (χ4n) is 2.04. The highest BCUT2D eigenvalue weighted by atomic mass is 32.1. The van der Waals surface area contributed by atoms with Crippen LogP contribution in [0.2, 0.25) is 0 Å². The van der Waals surface area contributed by atoms with Gasteiger partial charge in [0.15, 0.2) is 0 Å². The average Bonchev–Trinajstić information content (AvgIpc) is 3.14. The maximum absolute atomic E-state index is 11.5. The van der Waals surface area contributed by atoms with E-state index in [1.165, 1.54) is 4.88 Å². The van der Waals surface area contributed by atoms with Gasteiger partial charge in [-0.3, -0.25) is 4.98 Å². The van der Waals surface area contributed by atoms with E-state index in [-0.39, 0.29) is 5.56 Å². The van der Waals surface area contributed by atoms with Crippen LogP contribution in [0.1, 0.15) is 22.2 Å². The average molecular weight is 299 g/mol. The number of pyridine rings is 1. The van der Waals surface area contributed by atoms with Gasteiger partial charge < -0.3 is 5.11 Å². The van der Waals surface area contributed by atoms with E-state index in [9.17, 15) is 9.90 Å². The maximum atomic E-state index is 11.5. The predicted octanol–water partition coefficient (Wildman–Crippen LogP) is 3.26. The molecule has 0 saturated heterocycles. The molecule has 0 saturated carbocycles. The van der Waals surface area contributed by atoms with Crippen LogP contribution in [0.25, 0.3) is 16.3 Å². The van der Waals surface area contributed by atoms with Gasteiger partial charge in [0.2, 0.25) is 0 Å². The lowest BCUT2D eigenvalue weighted by atomic mass is 10.2. The molecule has 0 aliphatic rings. The predicted molar refractivity (Wildman–Crippen MR) is 81.0 cm³/mol. The van der Waals surface area contributed by atoms with Gasteiger partial charge in [-0.1, -0.05) is 6.92 Å². The largest absolute Gasteiger partial charge is 0.478 e.